The molecule has 0 amide bonds. The lowest BCUT2D eigenvalue weighted by Crippen LogP contribution is -2.17. The summed E-state index contributed by atoms with van der Waals surface area (Å²) < 4.78 is 9.97. The number of hydrogen-bond donors (Lipinski definition) is 2. The van der Waals surface area contributed by atoms with Gasteiger partial charge in [-0.25, -0.2) is 4.79 Å². The van der Waals surface area contributed by atoms with E-state index in [1.54, 1.807) is 13.2 Å². The summed E-state index contributed by atoms with van der Waals surface area (Å²) in [5.41, 5.74) is 2.60. The van der Waals surface area contributed by atoms with Crippen LogP contribution in [0, 0.1) is 0 Å². The highest BCUT2D eigenvalue weighted by Gasteiger charge is 2.07. The number of nitrogens with one attached hydrogen (secondary N) is 2. The average Bonchev–Trinajstić information content (AvgIpc) is 3.00. The van der Waals surface area contributed by atoms with E-state index in [1.807, 2.05) is 24.3 Å². The third kappa shape index (κ3) is 4.10. The number of methoxy groups -OCH3 is 2. The third-order valence-electron chi connectivity index (χ3n) is 3.23. The molecule has 2 N–H and O–H groups in total. The maximum Gasteiger partial charge on any atom is 0.354 e. The van der Waals surface area contributed by atoms with Crippen molar-refractivity contribution in [2.24, 2.45) is 0 Å². The Hall–Kier alpha value is -2.27. The van der Waals surface area contributed by atoms with Gasteiger partial charge in [0, 0.05) is 12.2 Å². The average molecular weight is 288 g/mol. The molecule has 0 unspecified atom stereocenters. The molecular weight excluding hydrogens is 268 g/mol. The standard InChI is InChI=1S/C16H20N2O3/c1-20-15-6-4-3-5-12(15)9-10-17-11-13-7-8-14(18-13)16(19)21-2/h3-8,17-18H,9-11H2,1-2H3. The summed E-state index contributed by atoms with van der Waals surface area (Å²) in [6.07, 6.45) is 0.884. The van der Waals surface area contributed by atoms with Crippen LogP contribution in [0.4, 0.5) is 0 Å². The van der Waals surface area contributed by atoms with Crippen molar-refractivity contribution in [3.8, 4) is 5.75 Å². The molecule has 0 atom stereocenters. The molecule has 0 aliphatic carbocycles. The molecular formula is C16H20N2O3. The first-order valence-electron chi connectivity index (χ1n) is 6.83. The Morgan fingerprint density at radius 3 is 2.76 bits per heavy atom. The van der Waals surface area contributed by atoms with Gasteiger partial charge in [0.2, 0.25) is 0 Å². The maximum atomic E-state index is 11.3. The number of esters is 1. The quantitative estimate of drug-likeness (QED) is 0.605. The van der Waals surface area contributed by atoms with Crippen LogP contribution in [0.5, 0.6) is 5.75 Å². The number of rotatable bonds is 7. The first-order chi connectivity index (χ1) is 10.2. The second-order valence-electron chi connectivity index (χ2n) is 4.63. The molecule has 1 aromatic carbocycles. The van der Waals surface area contributed by atoms with Gasteiger partial charge < -0.3 is 19.8 Å². The molecule has 0 fully saturated rings. The molecule has 0 bridgehead atoms. The molecule has 0 saturated heterocycles. The zero-order chi connectivity index (χ0) is 15.1. The normalized spacial score (nSPS) is 10.4. The third-order valence-corrected chi connectivity index (χ3v) is 3.23. The monoisotopic (exact) mass is 288 g/mol. The van der Waals surface area contributed by atoms with Gasteiger partial charge in [-0.3, -0.25) is 0 Å². The first-order valence-corrected chi connectivity index (χ1v) is 6.83. The van der Waals surface area contributed by atoms with Crippen molar-refractivity contribution in [2.75, 3.05) is 20.8 Å². The molecule has 2 rings (SSSR count). The zero-order valence-corrected chi connectivity index (χ0v) is 12.3. The van der Waals surface area contributed by atoms with Gasteiger partial charge in [-0.1, -0.05) is 18.2 Å². The second kappa shape index (κ2) is 7.50. The van der Waals surface area contributed by atoms with Gasteiger partial charge in [-0.2, -0.15) is 0 Å². The predicted octanol–water partition coefficient (Wildman–Crippen LogP) is 2.14. The van der Waals surface area contributed by atoms with Crippen molar-refractivity contribution in [1.29, 1.82) is 0 Å². The van der Waals surface area contributed by atoms with Crippen LogP contribution in [0.1, 0.15) is 21.7 Å². The Kier molecular flexibility index (Phi) is 5.40. The summed E-state index contributed by atoms with van der Waals surface area (Å²) in [5, 5.41) is 3.33. The fourth-order valence-corrected chi connectivity index (χ4v) is 2.13. The van der Waals surface area contributed by atoms with E-state index in [1.165, 1.54) is 12.7 Å². The van der Waals surface area contributed by atoms with Crippen LogP contribution in [0.3, 0.4) is 0 Å². The minimum absolute atomic E-state index is 0.352. The van der Waals surface area contributed by atoms with Crippen molar-refractivity contribution in [1.82, 2.24) is 10.3 Å². The number of carbonyl (C=O) groups is 1. The molecule has 5 nitrogen and oxygen atoms in total. The minimum atomic E-state index is -0.352. The van der Waals surface area contributed by atoms with Gasteiger partial charge in [0.25, 0.3) is 0 Å². The molecule has 112 valence electrons. The molecule has 0 saturated carbocycles. The summed E-state index contributed by atoms with van der Waals surface area (Å²) in [6, 6.07) is 11.6. The number of ether oxygens (including phenoxy) is 2. The first kappa shape index (κ1) is 15.1. The van der Waals surface area contributed by atoms with Gasteiger partial charge in [0.05, 0.1) is 14.2 Å². The summed E-state index contributed by atoms with van der Waals surface area (Å²) in [7, 11) is 3.05. The molecule has 0 spiro atoms. The molecule has 1 aromatic heterocycles. The van der Waals surface area contributed by atoms with Crippen LogP contribution >= 0.6 is 0 Å². The fourth-order valence-electron chi connectivity index (χ4n) is 2.13. The topological polar surface area (TPSA) is 63.4 Å². The number of benzene rings is 1. The van der Waals surface area contributed by atoms with Crippen LogP contribution in [-0.2, 0) is 17.7 Å². The largest absolute Gasteiger partial charge is 0.496 e. The van der Waals surface area contributed by atoms with Crippen molar-refractivity contribution in [2.45, 2.75) is 13.0 Å². The number of aromatic amines is 1. The number of aromatic nitrogens is 1. The van der Waals surface area contributed by atoms with Crippen molar-refractivity contribution in [3.05, 3.63) is 53.3 Å². The Balaban J connectivity index is 1.79. The highest BCUT2D eigenvalue weighted by molar-refractivity contribution is 5.87. The lowest BCUT2D eigenvalue weighted by Gasteiger charge is -2.08. The molecule has 21 heavy (non-hydrogen) atoms. The molecule has 2 aromatic rings. The van der Waals surface area contributed by atoms with E-state index in [0.717, 1.165) is 24.4 Å². The summed E-state index contributed by atoms with van der Waals surface area (Å²) in [5.74, 6) is 0.558. The van der Waals surface area contributed by atoms with Crippen LogP contribution in [0.25, 0.3) is 0 Å². The lowest BCUT2D eigenvalue weighted by molar-refractivity contribution is 0.0594. The van der Waals surface area contributed by atoms with Gasteiger partial charge in [-0.15, -0.1) is 0 Å². The van der Waals surface area contributed by atoms with Crippen molar-refractivity contribution < 1.29 is 14.3 Å². The van der Waals surface area contributed by atoms with Gasteiger partial charge in [-0.05, 0) is 36.7 Å². The SMILES string of the molecule is COC(=O)c1ccc(CNCCc2ccccc2OC)[nH]1. The second-order valence-corrected chi connectivity index (χ2v) is 4.63. The van der Waals surface area contributed by atoms with Gasteiger partial charge >= 0.3 is 5.97 Å². The van der Waals surface area contributed by atoms with E-state index in [2.05, 4.69) is 21.1 Å². The Morgan fingerprint density at radius 2 is 2.00 bits per heavy atom. The van der Waals surface area contributed by atoms with Crippen LogP contribution in [-0.4, -0.2) is 31.7 Å². The van der Waals surface area contributed by atoms with E-state index in [0.29, 0.717) is 12.2 Å². The molecule has 5 heteroatoms. The summed E-state index contributed by atoms with van der Waals surface area (Å²) in [4.78, 5) is 14.3. The van der Waals surface area contributed by atoms with E-state index in [-0.39, 0.29) is 5.97 Å². The lowest BCUT2D eigenvalue weighted by atomic mass is 10.1. The van der Waals surface area contributed by atoms with Gasteiger partial charge in [0.15, 0.2) is 0 Å². The highest BCUT2D eigenvalue weighted by atomic mass is 16.5. The van der Waals surface area contributed by atoms with E-state index in [9.17, 15) is 4.79 Å². The highest BCUT2D eigenvalue weighted by Crippen LogP contribution is 2.17. The number of carbonyl (C=O) groups excluding carboxylic acids is 1. The Morgan fingerprint density at radius 1 is 1.19 bits per heavy atom. The smallest absolute Gasteiger partial charge is 0.354 e. The summed E-state index contributed by atoms with van der Waals surface area (Å²) in [6.45, 7) is 1.50. The predicted molar refractivity (Wildman–Crippen MR) is 80.5 cm³/mol. The van der Waals surface area contributed by atoms with E-state index in [4.69, 9.17) is 4.74 Å². The van der Waals surface area contributed by atoms with E-state index >= 15 is 0 Å². The molecule has 0 radical (unpaired) electrons. The minimum Gasteiger partial charge on any atom is -0.496 e. The Labute approximate surface area is 124 Å². The maximum absolute atomic E-state index is 11.3. The fraction of sp³-hybridized carbons (Fsp3) is 0.312. The number of H-pyrrole nitrogens is 1. The number of para-hydroxylation sites is 1. The van der Waals surface area contributed by atoms with Crippen molar-refractivity contribution in [3.63, 3.8) is 0 Å². The van der Waals surface area contributed by atoms with Crippen LogP contribution in [0.2, 0.25) is 0 Å². The molecule has 1 heterocycles. The zero-order valence-electron chi connectivity index (χ0n) is 12.3. The molecule has 0 aliphatic rings. The van der Waals surface area contributed by atoms with Gasteiger partial charge in [0.1, 0.15) is 11.4 Å². The van der Waals surface area contributed by atoms with Crippen molar-refractivity contribution >= 4 is 5.97 Å². The van der Waals surface area contributed by atoms with Crippen LogP contribution < -0.4 is 10.1 Å². The summed E-state index contributed by atoms with van der Waals surface area (Å²) >= 11 is 0. The molecule has 0 aliphatic heterocycles. The number of hydrogen-bond acceptors (Lipinski definition) is 4. The van der Waals surface area contributed by atoms with E-state index < -0.39 is 0 Å². The van der Waals surface area contributed by atoms with Crippen LogP contribution in [0.15, 0.2) is 36.4 Å². The Bertz CT molecular complexity index is 593.